The molecule has 0 aliphatic carbocycles. The first-order valence-corrected chi connectivity index (χ1v) is 5.63. The summed E-state index contributed by atoms with van der Waals surface area (Å²) in [6, 6.07) is 1.37. The minimum Gasteiger partial charge on any atom is -0.383 e. The summed E-state index contributed by atoms with van der Waals surface area (Å²) in [6.45, 7) is 1.94. The lowest BCUT2D eigenvalue weighted by molar-refractivity contribution is -0.385. The highest BCUT2D eigenvalue weighted by Crippen LogP contribution is 2.24. The van der Waals surface area contributed by atoms with Gasteiger partial charge < -0.3 is 15.4 Å². The van der Waals surface area contributed by atoms with Crippen LogP contribution in [0.2, 0.25) is 0 Å². The van der Waals surface area contributed by atoms with Crippen molar-refractivity contribution in [1.29, 1.82) is 0 Å². The maximum atomic E-state index is 13.5. The number of benzene rings is 1. The van der Waals surface area contributed by atoms with E-state index >= 15 is 0 Å². The fourth-order valence-corrected chi connectivity index (χ4v) is 1.41. The van der Waals surface area contributed by atoms with Crippen LogP contribution < -0.4 is 10.6 Å². The fourth-order valence-electron chi connectivity index (χ4n) is 1.41. The highest BCUT2D eigenvalue weighted by atomic mass is 19.1. The van der Waals surface area contributed by atoms with Crippen LogP contribution in [0, 0.1) is 21.7 Å². The molecule has 0 saturated heterocycles. The Bertz CT molecular complexity index is 420. The minimum atomic E-state index is -0.983. The Morgan fingerprint density at radius 2 is 1.89 bits per heavy atom. The molecule has 0 spiro atoms. The summed E-state index contributed by atoms with van der Waals surface area (Å²) in [5, 5.41) is 15.9. The van der Waals surface area contributed by atoms with E-state index in [1.54, 1.807) is 7.11 Å². The number of nitro benzene ring substituents is 1. The Labute approximate surface area is 108 Å². The van der Waals surface area contributed by atoms with Crippen molar-refractivity contribution in [2.45, 2.75) is 0 Å². The van der Waals surface area contributed by atoms with Gasteiger partial charge >= 0.3 is 0 Å². The molecule has 1 rings (SSSR count). The van der Waals surface area contributed by atoms with Gasteiger partial charge in [-0.05, 0) is 0 Å². The number of rotatable bonds is 8. The third-order valence-electron chi connectivity index (χ3n) is 2.32. The van der Waals surface area contributed by atoms with Gasteiger partial charge in [0.05, 0.1) is 23.7 Å². The second kappa shape index (κ2) is 7.59. The highest BCUT2D eigenvalue weighted by Gasteiger charge is 2.16. The molecule has 0 radical (unpaired) electrons. The van der Waals surface area contributed by atoms with Gasteiger partial charge in [-0.25, -0.2) is 8.78 Å². The summed E-state index contributed by atoms with van der Waals surface area (Å²) in [7, 11) is 1.57. The van der Waals surface area contributed by atoms with Crippen molar-refractivity contribution in [3.05, 3.63) is 33.9 Å². The zero-order valence-electron chi connectivity index (χ0n) is 10.4. The Hall–Kier alpha value is -1.80. The maximum Gasteiger partial charge on any atom is 0.275 e. The molecule has 8 heteroatoms. The molecule has 1 aromatic carbocycles. The monoisotopic (exact) mass is 275 g/mol. The summed E-state index contributed by atoms with van der Waals surface area (Å²) in [4.78, 5) is 9.56. The SMILES string of the molecule is COCCNCCNc1c(F)cc([N+](=O)[O-])cc1F. The zero-order valence-corrected chi connectivity index (χ0v) is 10.4. The number of hydrogen-bond donors (Lipinski definition) is 2. The van der Waals surface area contributed by atoms with Crippen molar-refractivity contribution >= 4 is 11.4 Å². The lowest BCUT2D eigenvalue weighted by Crippen LogP contribution is -2.25. The summed E-state index contributed by atoms with van der Waals surface area (Å²) >= 11 is 0. The molecular formula is C11H15F2N3O3. The van der Waals surface area contributed by atoms with Crippen LogP contribution in [0.25, 0.3) is 0 Å². The van der Waals surface area contributed by atoms with Crippen LogP contribution in [0.5, 0.6) is 0 Å². The van der Waals surface area contributed by atoms with Crippen LogP contribution in [-0.2, 0) is 4.74 Å². The van der Waals surface area contributed by atoms with Gasteiger partial charge in [-0.15, -0.1) is 0 Å². The third kappa shape index (κ3) is 4.76. The topological polar surface area (TPSA) is 76.4 Å². The first kappa shape index (κ1) is 15.3. The Morgan fingerprint density at radius 3 is 2.42 bits per heavy atom. The lowest BCUT2D eigenvalue weighted by Gasteiger charge is -2.09. The van der Waals surface area contributed by atoms with Gasteiger partial charge in [0.15, 0.2) is 11.6 Å². The molecule has 19 heavy (non-hydrogen) atoms. The molecule has 106 valence electrons. The average Bonchev–Trinajstić information content (AvgIpc) is 2.35. The van der Waals surface area contributed by atoms with Crippen LogP contribution in [0.4, 0.5) is 20.2 Å². The number of halogens is 2. The van der Waals surface area contributed by atoms with Crippen LogP contribution >= 0.6 is 0 Å². The molecule has 0 aromatic heterocycles. The molecular weight excluding hydrogens is 260 g/mol. The van der Waals surface area contributed by atoms with E-state index in [0.29, 0.717) is 31.8 Å². The molecule has 0 amide bonds. The fraction of sp³-hybridized carbons (Fsp3) is 0.455. The van der Waals surface area contributed by atoms with E-state index in [0.717, 1.165) is 0 Å². The number of non-ortho nitro benzene ring substituents is 1. The molecule has 1 aromatic rings. The van der Waals surface area contributed by atoms with Crippen molar-refractivity contribution in [3.63, 3.8) is 0 Å². The minimum absolute atomic E-state index is 0.287. The first-order chi connectivity index (χ1) is 9.06. The number of ether oxygens (including phenoxy) is 1. The zero-order chi connectivity index (χ0) is 14.3. The summed E-state index contributed by atoms with van der Waals surface area (Å²) in [5.41, 5.74) is -0.974. The smallest absolute Gasteiger partial charge is 0.275 e. The third-order valence-corrected chi connectivity index (χ3v) is 2.32. The average molecular weight is 275 g/mol. The number of nitrogens with zero attached hydrogens (tertiary/aromatic N) is 1. The molecule has 0 saturated carbocycles. The van der Waals surface area contributed by atoms with Gasteiger partial charge in [-0.2, -0.15) is 0 Å². The Balaban J connectivity index is 2.52. The largest absolute Gasteiger partial charge is 0.383 e. The molecule has 6 nitrogen and oxygen atoms in total. The second-order valence-corrected chi connectivity index (χ2v) is 3.71. The van der Waals surface area contributed by atoms with Gasteiger partial charge in [0.25, 0.3) is 5.69 Å². The number of hydrogen-bond acceptors (Lipinski definition) is 5. The summed E-state index contributed by atoms with van der Waals surface area (Å²) in [5.74, 6) is -1.97. The first-order valence-electron chi connectivity index (χ1n) is 5.63. The Kier molecular flexibility index (Phi) is 6.10. The predicted octanol–water partition coefficient (Wildman–Crippen LogP) is 1.52. The molecule has 0 fully saturated rings. The standard InChI is InChI=1S/C11H15F2N3O3/c1-19-5-4-14-2-3-15-11-9(12)6-8(16(17)18)7-10(11)13/h6-7,14-15H,2-5H2,1H3. The van der Waals surface area contributed by atoms with E-state index in [-0.39, 0.29) is 12.2 Å². The number of nitro groups is 1. The van der Waals surface area contributed by atoms with Crippen molar-refractivity contribution in [1.82, 2.24) is 5.32 Å². The van der Waals surface area contributed by atoms with E-state index in [1.807, 2.05) is 0 Å². The van der Waals surface area contributed by atoms with E-state index in [1.165, 1.54) is 0 Å². The highest BCUT2D eigenvalue weighted by molar-refractivity contribution is 5.51. The maximum absolute atomic E-state index is 13.5. The summed E-state index contributed by atoms with van der Waals surface area (Å²) < 4.78 is 31.7. The predicted molar refractivity (Wildman–Crippen MR) is 66.2 cm³/mol. The lowest BCUT2D eigenvalue weighted by atomic mass is 10.2. The molecule has 0 unspecified atom stereocenters. The summed E-state index contributed by atoms with van der Waals surface area (Å²) in [6.07, 6.45) is 0. The Morgan fingerprint density at radius 1 is 1.26 bits per heavy atom. The molecule has 0 aliphatic rings. The van der Waals surface area contributed by atoms with E-state index in [4.69, 9.17) is 4.74 Å². The van der Waals surface area contributed by atoms with Crippen LogP contribution in [-0.4, -0.2) is 38.3 Å². The second-order valence-electron chi connectivity index (χ2n) is 3.71. The molecule has 0 bridgehead atoms. The molecule has 2 N–H and O–H groups in total. The molecule has 0 heterocycles. The van der Waals surface area contributed by atoms with Crippen LogP contribution in [0.3, 0.4) is 0 Å². The number of nitrogens with one attached hydrogen (secondary N) is 2. The van der Waals surface area contributed by atoms with E-state index in [2.05, 4.69) is 10.6 Å². The van der Waals surface area contributed by atoms with Crippen LogP contribution in [0.1, 0.15) is 0 Å². The van der Waals surface area contributed by atoms with Crippen molar-refractivity contribution in [2.24, 2.45) is 0 Å². The molecule has 0 aliphatic heterocycles. The van der Waals surface area contributed by atoms with Gasteiger partial charge in [0.2, 0.25) is 0 Å². The van der Waals surface area contributed by atoms with E-state index < -0.39 is 22.2 Å². The van der Waals surface area contributed by atoms with Crippen LogP contribution in [0.15, 0.2) is 12.1 Å². The molecule has 0 atom stereocenters. The van der Waals surface area contributed by atoms with Crippen molar-refractivity contribution in [2.75, 3.05) is 38.7 Å². The van der Waals surface area contributed by atoms with Gasteiger partial charge in [0.1, 0.15) is 5.69 Å². The van der Waals surface area contributed by atoms with Gasteiger partial charge in [-0.3, -0.25) is 10.1 Å². The van der Waals surface area contributed by atoms with E-state index in [9.17, 15) is 18.9 Å². The number of methoxy groups -OCH3 is 1. The normalized spacial score (nSPS) is 10.5. The number of anilines is 1. The van der Waals surface area contributed by atoms with Crippen molar-refractivity contribution in [3.8, 4) is 0 Å². The van der Waals surface area contributed by atoms with Gasteiger partial charge in [0, 0.05) is 26.7 Å². The van der Waals surface area contributed by atoms with Gasteiger partial charge in [-0.1, -0.05) is 0 Å². The van der Waals surface area contributed by atoms with Crippen molar-refractivity contribution < 1.29 is 18.4 Å². The quantitative estimate of drug-likeness (QED) is 0.427.